The standard InChI is InChI=1S/C15H16N2O4/c1-3-9-4-5-12(13(6-9)20-2)21-14-11(16)7-10(8-17-14)15(18)19/h4-8H,3,16H2,1-2H3,(H,18,19). The highest BCUT2D eigenvalue weighted by molar-refractivity contribution is 5.88. The Balaban J connectivity index is 2.32. The smallest absolute Gasteiger partial charge is 0.337 e. The van der Waals surface area contributed by atoms with E-state index in [0.717, 1.165) is 12.0 Å². The highest BCUT2D eigenvalue weighted by atomic mass is 16.5. The molecule has 0 saturated heterocycles. The van der Waals surface area contributed by atoms with Crippen molar-refractivity contribution in [2.75, 3.05) is 12.8 Å². The molecule has 0 amide bonds. The molecule has 1 aromatic heterocycles. The first-order valence-corrected chi connectivity index (χ1v) is 6.38. The van der Waals surface area contributed by atoms with Gasteiger partial charge in [-0.25, -0.2) is 9.78 Å². The average Bonchev–Trinajstić information content (AvgIpc) is 2.49. The van der Waals surface area contributed by atoms with Gasteiger partial charge >= 0.3 is 5.97 Å². The number of methoxy groups -OCH3 is 1. The number of hydrogen-bond acceptors (Lipinski definition) is 5. The summed E-state index contributed by atoms with van der Waals surface area (Å²) in [4.78, 5) is 14.8. The Morgan fingerprint density at radius 2 is 2.10 bits per heavy atom. The van der Waals surface area contributed by atoms with Crippen molar-refractivity contribution in [2.24, 2.45) is 0 Å². The summed E-state index contributed by atoms with van der Waals surface area (Å²) in [5.74, 6) is 0.0861. The van der Waals surface area contributed by atoms with Gasteiger partial charge in [0.2, 0.25) is 5.88 Å². The average molecular weight is 288 g/mol. The Morgan fingerprint density at radius 1 is 1.33 bits per heavy atom. The highest BCUT2D eigenvalue weighted by Gasteiger charge is 2.12. The van der Waals surface area contributed by atoms with Crippen LogP contribution in [0.2, 0.25) is 0 Å². The molecule has 3 N–H and O–H groups in total. The van der Waals surface area contributed by atoms with Gasteiger partial charge in [-0.05, 0) is 30.2 Å². The van der Waals surface area contributed by atoms with Gasteiger partial charge in [-0.1, -0.05) is 13.0 Å². The van der Waals surface area contributed by atoms with Crippen LogP contribution in [0, 0.1) is 0 Å². The van der Waals surface area contributed by atoms with Gasteiger partial charge in [-0.15, -0.1) is 0 Å². The summed E-state index contributed by atoms with van der Waals surface area (Å²) in [7, 11) is 1.55. The molecule has 6 nitrogen and oxygen atoms in total. The van der Waals surface area contributed by atoms with Crippen LogP contribution in [-0.4, -0.2) is 23.2 Å². The van der Waals surface area contributed by atoms with Crippen LogP contribution in [0.5, 0.6) is 17.4 Å². The molecule has 0 radical (unpaired) electrons. The Bertz CT molecular complexity index is 671. The van der Waals surface area contributed by atoms with Crippen molar-refractivity contribution in [1.82, 2.24) is 4.98 Å². The van der Waals surface area contributed by atoms with Crippen LogP contribution in [-0.2, 0) is 6.42 Å². The summed E-state index contributed by atoms with van der Waals surface area (Å²) in [6.07, 6.45) is 2.07. The van der Waals surface area contributed by atoms with Crippen molar-refractivity contribution in [2.45, 2.75) is 13.3 Å². The van der Waals surface area contributed by atoms with Gasteiger partial charge < -0.3 is 20.3 Å². The van der Waals surface area contributed by atoms with Gasteiger partial charge in [-0.2, -0.15) is 0 Å². The van der Waals surface area contributed by atoms with E-state index in [4.69, 9.17) is 20.3 Å². The number of aromatic carboxylic acids is 1. The summed E-state index contributed by atoms with van der Waals surface area (Å²) < 4.78 is 10.9. The maximum atomic E-state index is 10.8. The Kier molecular flexibility index (Phi) is 4.27. The molecule has 2 aromatic rings. The van der Waals surface area contributed by atoms with Crippen LogP contribution in [0.3, 0.4) is 0 Å². The van der Waals surface area contributed by atoms with E-state index in [1.54, 1.807) is 13.2 Å². The first-order valence-electron chi connectivity index (χ1n) is 6.38. The summed E-state index contributed by atoms with van der Waals surface area (Å²) in [5.41, 5.74) is 7.03. The second-order valence-corrected chi connectivity index (χ2v) is 4.36. The number of benzene rings is 1. The third-order valence-electron chi connectivity index (χ3n) is 2.97. The number of carbonyl (C=O) groups is 1. The van der Waals surface area contributed by atoms with Crippen LogP contribution in [0.25, 0.3) is 0 Å². The predicted molar refractivity (Wildman–Crippen MR) is 78.1 cm³/mol. The van der Waals surface area contributed by atoms with E-state index < -0.39 is 5.97 Å². The van der Waals surface area contributed by atoms with Gasteiger partial charge in [0.25, 0.3) is 0 Å². The highest BCUT2D eigenvalue weighted by Crippen LogP contribution is 2.33. The van der Waals surface area contributed by atoms with Crippen molar-refractivity contribution < 1.29 is 19.4 Å². The molecule has 0 aliphatic heterocycles. The number of aromatic nitrogens is 1. The van der Waals surface area contributed by atoms with Crippen LogP contribution in [0.4, 0.5) is 5.69 Å². The topological polar surface area (TPSA) is 94.7 Å². The van der Waals surface area contributed by atoms with Gasteiger partial charge in [0.15, 0.2) is 11.5 Å². The predicted octanol–water partition coefficient (Wildman–Crippen LogP) is 2.73. The summed E-state index contributed by atoms with van der Waals surface area (Å²) in [6.45, 7) is 2.04. The van der Waals surface area contributed by atoms with E-state index >= 15 is 0 Å². The number of carboxylic acid groups (broad SMARTS) is 1. The number of hydrogen-bond donors (Lipinski definition) is 2. The first-order chi connectivity index (χ1) is 10.0. The van der Waals surface area contributed by atoms with Crippen molar-refractivity contribution in [3.05, 3.63) is 41.6 Å². The van der Waals surface area contributed by atoms with Gasteiger partial charge in [0, 0.05) is 6.20 Å². The van der Waals surface area contributed by atoms with Crippen molar-refractivity contribution in [3.63, 3.8) is 0 Å². The zero-order valence-corrected chi connectivity index (χ0v) is 11.8. The number of aryl methyl sites for hydroxylation is 1. The van der Waals surface area contributed by atoms with E-state index in [1.807, 2.05) is 19.1 Å². The first kappa shape index (κ1) is 14.6. The maximum absolute atomic E-state index is 10.8. The summed E-state index contributed by atoms with van der Waals surface area (Å²) in [5, 5.41) is 8.87. The Hall–Kier alpha value is -2.76. The quantitative estimate of drug-likeness (QED) is 0.878. The van der Waals surface area contributed by atoms with Crippen LogP contribution >= 0.6 is 0 Å². The van der Waals surface area contributed by atoms with Crippen molar-refractivity contribution >= 4 is 11.7 Å². The summed E-state index contributed by atoms with van der Waals surface area (Å²) in [6, 6.07) is 6.86. The molecule has 21 heavy (non-hydrogen) atoms. The monoisotopic (exact) mass is 288 g/mol. The van der Waals surface area contributed by atoms with Crippen molar-refractivity contribution in [3.8, 4) is 17.4 Å². The second kappa shape index (κ2) is 6.13. The number of pyridine rings is 1. The molecule has 1 heterocycles. The number of nitrogens with two attached hydrogens (primary N) is 1. The lowest BCUT2D eigenvalue weighted by molar-refractivity contribution is 0.0696. The largest absolute Gasteiger partial charge is 0.493 e. The Morgan fingerprint density at radius 3 is 2.67 bits per heavy atom. The molecule has 0 aliphatic carbocycles. The number of rotatable bonds is 5. The van der Waals surface area contributed by atoms with E-state index in [1.165, 1.54) is 12.3 Å². The molecule has 110 valence electrons. The zero-order valence-electron chi connectivity index (χ0n) is 11.8. The number of anilines is 1. The third kappa shape index (κ3) is 3.22. The van der Waals surface area contributed by atoms with Crippen LogP contribution in [0.1, 0.15) is 22.8 Å². The normalized spacial score (nSPS) is 10.2. The van der Waals surface area contributed by atoms with Gasteiger partial charge in [-0.3, -0.25) is 0 Å². The van der Waals surface area contributed by atoms with E-state index in [2.05, 4.69) is 4.98 Å². The Labute approximate surface area is 122 Å². The van der Waals surface area contributed by atoms with E-state index in [9.17, 15) is 4.79 Å². The third-order valence-corrected chi connectivity index (χ3v) is 2.97. The molecular weight excluding hydrogens is 272 g/mol. The molecule has 0 atom stereocenters. The molecule has 0 aliphatic rings. The molecule has 0 spiro atoms. The lowest BCUT2D eigenvalue weighted by Crippen LogP contribution is -2.02. The fourth-order valence-corrected chi connectivity index (χ4v) is 1.79. The zero-order chi connectivity index (χ0) is 15.4. The number of nitrogen functional groups attached to an aromatic ring is 1. The fraction of sp³-hybridized carbons (Fsp3) is 0.200. The van der Waals surface area contributed by atoms with Crippen molar-refractivity contribution in [1.29, 1.82) is 0 Å². The van der Waals surface area contributed by atoms with Crippen LogP contribution in [0.15, 0.2) is 30.5 Å². The molecule has 6 heteroatoms. The van der Waals surface area contributed by atoms with Crippen LogP contribution < -0.4 is 15.2 Å². The number of carboxylic acids is 1. The number of ether oxygens (including phenoxy) is 2. The molecule has 0 fully saturated rings. The molecule has 1 aromatic carbocycles. The minimum absolute atomic E-state index is 0.00754. The molecule has 2 rings (SSSR count). The van der Waals surface area contributed by atoms with Gasteiger partial charge in [0.05, 0.1) is 18.4 Å². The molecule has 0 bridgehead atoms. The lowest BCUT2D eigenvalue weighted by Gasteiger charge is -2.12. The second-order valence-electron chi connectivity index (χ2n) is 4.36. The van der Waals surface area contributed by atoms with E-state index in [0.29, 0.717) is 11.5 Å². The SMILES string of the molecule is CCc1ccc(Oc2ncc(C(=O)O)cc2N)c(OC)c1. The maximum Gasteiger partial charge on any atom is 0.337 e. The lowest BCUT2D eigenvalue weighted by atomic mass is 10.1. The van der Waals surface area contributed by atoms with E-state index in [-0.39, 0.29) is 17.1 Å². The number of nitrogens with zero attached hydrogens (tertiary/aromatic N) is 1. The molecule has 0 unspecified atom stereocenters. The molecular formula is C15H16N2O4. The minimum Gasteiger partial charge on any atom is -0.493 e. The minimum atomic E-state index is -1.09. The summed E-state index contributed by atoms with van der Waals surface area (Å²) >= 11 is 0. The molecule has 0 saturated carbocycles. The van der Waals surface area contributed by atoms with Gasteiger partial charge in [0.1, 0.15) is 0 Å². The fourth-order valence-electron chi connectivity index (χ4n) is 1.79.